The second-order valence-electron chi connectivity index (χ2n) is 9.16. The smallest absolute Gasteiger partial charge is 0.321 e. The van der Waals surface area contributed by atoms with Crippen molar-refractivity contribution in [3.05, 3.63) is 66.2 Å². The molecule has 0 bridgehead atoms. The van der Waals surface area contributed by atoms with E-state index in [2.05, 4.69) is 37.1 Å². The Balaban J connectivity index is 2.06. The monoisotopic (exact) mass is 436 g/mol. The van der Waals surface area contributed by atoms with Gasteiger partial charge >= 0.3 is 11.9 Å². The zero-order chi connectivity index (χ0) is 22.9. The molecule has 1 atom stereocenters. The number of esters is 2. The Labute approximate surface area is 187 Å². The SMILES string of the molecule is CC(C)(C)OC(=O)C(CC#CC[Si](C)(C)c1ccccc1)C(=O)OCc1ccccc1. The fourth-order valence-corrected chi connectivity index (χ4v) is 4.78. The van der Waals surface area contributed by atoms with E-state index >= 15 is 0 Å². The van der Waals surface area contributed by atoms with Crippen LogP contribution < -0.4 is 5.19 Å². The van der Waals surface area contributed by atoms with Crippen LogP contribution >= 0.6 is 0 Å². The molecular formula is C26H32O4Si. The number of carbonyl (C=O) groups is 2. The van der Waals surface area contributed by atoms with Gasteiger partial charge in [-0.1, -0.05) is 78.9 Å². The van der Waals surface area contributed by atoms with Gasteiger partial charge in [0.2, 0.25) is 0 Å². The zero-order valence-electron chi connectivity index (χ0n) is 19.1. The van der Waals surface area contributed by atoms with Gasteiger partial charge in [-0.25, -0.2) is 0 Å². The van der Waals surface area contributed by atoms with Gasteiger partial charge in [0.1, 0.15) is 12.2 Å². The maximum Gasteiger partial charge on any atom is 0.321 e. The first-order chi connectivity index (χ1) is 14.6. The molecule has 2 aromatic carbocycles. The Morgan fingerprint density at radius 3 is 2.06 bits per heavy atom. The maximum atomic E-state index is 12.7. The van der Waals surface area contributed by atoms with Crippen LogP contribution in [0.1, 0.15) is 32.8 Å². The van der Waals surface area contributed by atoms with Gasteiger partial charge in [-0.05, 0) is 26.3 Å². The van der Waals surface area contributed by atoms with E-state index in [0.717, 1.165) is 11.6 Å². The van der Waals surface area contributed by atoms with E-state index in [1.54, 1.807) is 20.8 Å². The Morgan fingerprint density at radius 1 is 0.903 bits per heavy atom. The third-order valence-electron chi connectivity index (χ3n) is 4.72. The van der Waals surface area contributed by atoms with Crippen LogP contribution in [0.3, 0.4) is 0 Å². The van der Waals surface area contributed by atoms with Crippen LogP contribution in [0.5, 0.6) is 0 Å². The van der Waals surface area contributed by atoms with Crippen LogP contribution in [0.15, 0.2) is 60.7 Å². The van der Waals surface area contributed by atoms with Crippen LogP contribution in [0, 0.1) is 17.8 Å². The lowest BCUT2D eigenvalue weighted by Crippen LogP contribution is -2.40. The van der Waals surface area contributed by atoms with Gasteiger partial charge in [-0.2, -0.15) is 0 Å². The summed E-state index contributed by atoms with van der Waals surface area (Å²) in [5.74, 6) is 3.98. The Morgan fingerprint density at radius 2 is 1.48 bits per heavy atom. The van der Waals surface area contributed by atoms with Crippen molar-refractivity contribution in [2.75, 3.05) is 0 Å². The molecule has 0 N–H and O–H groups in total. The second kappa shape index (κ2) is 11.0. The summed E-state index contributed by atoms with van der Waals surface area (Å²) in [6.45, 7) is 9.96. The highest BCUT2D eigenvalue weighted by molar-refractivity contribution is 6.90. The first-order valence-corrected chi connectivity index (χ1v) is 13.7. The molecule has 0 saturated heterocycles. The number of benzene rings is 2. The fourth-order valence-electron chi connectivity index (χ4n) is 2.91. The highest BCUT2D eigenvalue weighted by Gasteiger charge is 2.32. The zero-order valence-corrected chi connectivity index (χ0v) is 20.1. The summed E-state index contributed by atoms with van der Waals surface area (Å²) in [5.41, 5.74) is 0.172. The van der Waals surface area contributed by atoms with E-state index in [0.29, 0.717) is 0 Å². The molecule has 31 heavy (non-hydrogen) atoms. The molecule has 0 amide bonds. The molecule has 0 heterocycles. The maximum absolute atomic E-state index is 12.7. The molecule has 0 radical (unpaired) electrons. The van der Waals surface area contributed by atoms with Crippen molar-refractivity contribution in [3.63, 3.8) is 0 Å². The average molecular weight is 437 g/mol. The number of carbonyl (C=O) groups excluding carboxylic acids is 2. The van der Waals surface area contributed by atoms with Crippen molar-refractivity contribution < 1.29 is 19.1 Å². The number of hydrogen-bond acceptors (Lipinski definition) is 4. The molecule has 0 aliphatic carbocycles. The summed E-state index contributed by atoms with van der Waals surface area (Å²) in [4.78, 5) is 25.3. The van der Waals surface area contributed by atoms with Crippen molar-refractivity contribution in [2.45, 2.75) is 58.5 Å². The molecule has 5 heteroatoms. The van der Waals surface area contributed by atoms with Crippen LogP contribution in [0.25, 0.3) is 0 Å². The second-order valence-corrected chi connectivity index (χ2v) is 13.9. The van der Waals surface area contributed by atoms with Crippen LogP contribution in [-0.4, -0.2) is 25.6 Å². The molecule has 0 aromatic heterocycles. The van der Waals surface area contributed by atoms with Crippen LogP contribution in [-0.2, 0) is 25.7 Å². The molecular weight excluding hydrogens is 404 g/mol. The number of hydrogen-bond donors (Lipinski definition) is 0. The largest absolute Gasteiger partial charge is 0.460 e. The van der Waals surface area contributed by atoms with Crippen molar-refractivity contribution in [2.24, 2.45) is 5.92 Å². The summed E-state index contributed by atoms with van der Waals surface area (Å²) >= 11 is 0. The lowest BCUT2D eigenvalue weighted by atomic mass is 10.1. The number of ether oxygens (including phenoxy) is 2. The molecule has 1 unspecified atom stereocenters. The number of rotatable bonds is 7. The predicted molar refractivity (Wildman–Crippen MR) is 126 cm³/mol. The fraction of sp³-hybridized carbons (Fsp3) is 0.385. The van der Waals surface area contributed by atoms with Gasteiger partial charge in [0.15, 0.2) is 5.92 Å². The average Bonchev–Trinajstić information content (AvgIpc) is 2.72. The molecule has 0 saturated carbocycles. The van der Waals surface area contributed by atoms with Crippen LogP contribution in [0.2, 0.25) is 19.1 Å². The van der Waals surface area contributed by atoms with Crippen molar-refractivity contribution in [1.29, 1.82) is 0 Å². The van der Waals surface area contributed by atoms with E-state index in [-0.39, 0.29) is 13.0 Å². The molecule has 0 fully saturated rings. The Hall–Kier alpha value is -2.84. The molecule has 2 rings (SSSR count). The summed E-state index contributed by atoms with van der Waals surface area (Å²) in [5, 5.41) is 1.33. The van der Waals surface area contributed by atoms with Gasteiger partial charge in [-0.15, -0.1) is 11.8 Å². The lowest BCUT2D eigenvalue weighted by Gasteiger charge is -2.22. The highest BCUT2D eigenvalue weighted by Crippen LogP contribution is 2.16. The predicted octanol–water partition coefficient (Wildman–Crippen LogP) is 4.70. The first kappa shape index (κ1) is 24.4. The molecule has 0 spiro atoms. The van der Waals surface area contributed by atoms with Crippen LogP contribution in [0.4, 0.5) is 0 Å². The molecule has 164 valence electrons. The standard InChI is InChI=1S/C26H32O4Si/c1-26(2,3)30-25(28)23(24(27)29-20-21-14-8-6-9-15-21)18-12-13-19-31(4,5)22-16-10-7-11-17-22/h6-11,14-17,23H,18-20H2,1-5H3. The minimum absolute atomic E-state index is 0.0851. The van der Waals surface area contributed by atoms with Gasteiger partial charge in [0, 0.05) is 12.5 Å². The third-order valence-corrected chi connectivity index (χ3v) is 7.67. The molecule has 2 aromatic rings. The van der Waals surface area contributed by atoms with Gasteiger partial charge < -0.3 is 9.47 Å². The normalized spacial score (nSPS) is 12.3. The van der Waals surface area contributed by atoms with E-state index in [4.69, 9.17) is 9.47 Å². The minimum Gasteiger partial charge on any atom is -0.460 e. The Bertz CT molecular complexity index is 919. The van der Waals surface area contributed by atoms with Crippen molar-refractivity contribution in [1.82, 2.24) is 0 Å². The van der Waals surface area contributed by atoms with Gasteiger partial charge in [0.25, 0.3) is 0 Å². The summed E-state index contributed by atoms with van der Waals surface area (Å²) in [7, 11) is -1.71. The highest BCUT2D eigenvalue weighted by atomic mass is 28.3. The summed E-state index contributed by atoms with van der Waals surface area (Å²) in [6.07, 6.45) is 0.0851. The third kappa shape index (κ3) is 8.43. The Kier molecular flexibility index (Phi) is 8.64. The molecule has 0 aliphatic rings. The molecule has 4 nitrogen and oxygen atoms in total. The van der Waals surface area contributed by atoms with Crippen molar-refractivity contribution in [3.8, 4) is 11.8 Å². The van der Waals surface area contributed by atoms with E-state index in [1.807, 2.05) is 48.5 Å². The van der Waals surface area contributed by atoms with Gasteiger partial charge in [0.05, 0.1) is 8.07 Å². The van der Waals surface area contributed by atoms with E-state index in [9.17, 15) is 9.59 Å². The topological polar surface area (TPSA) is 52.6 Å². The quantitative estimate of drug-likeness (QED) is 0.273. The first-order valence-electron chi connectivity index (χ1n) is 10.5. The van der Waals surface area contributed by atoms with Crippen molar-refractivity contribution >= 4 is 25.2 Å². The minimum atomic E-state index is -1.71. The lowest BCUT2D eigenvalue weighted by molar-refractivity contribution is -0.169. The van der Waals surface area contributed by atoms with E-state index in [1.165, 1.54) is 5.19 Å². The molecule has 0 aliphatic heterocycles. The van der Waals surface area contributed by atoms with Gasteiger partial charge in [-0.3, -0.25) is 9.59 Å². The van der Waals surface area contributed by atoms with E-state index < -0.39 is 31.5 Å². The summed E-state index contributed by atoms with van der Waals surface area (Å²) < 4.78 is 10.8. The summed E-state index contributed by atoms with van der Waals surface area (Å²) in [6, 6.07) is 20.5.